The summed E-state index contributed by atoms with van der Waals surface area (Å²) in [6.07, 6.45) is -3.56. The Morgan fingerprint density at radius 3 is 2.48 bits per heavy atom. The molecule has 2 saturated heterocycles. The number of benzene rings is 2. The van der Waals surface area contributed by atoms with Crippen LogP contribution in [0, 0.1) is 0 Å². The topological polar surface area (TPSA) is 74.2 Å². The minimum atomic E-state index is -1.03. The number of hydrogen-bond donors (Lipinski definition) is 1. The Bertz CT molecular complexity index is 801. The highest BCUT2D eigenvalue weighted by atomic mass is 32.2. The standard InChI is InChI=1S/C22H24O6S/c1-2-29-22-19(27-20(24)14-9-5-3-6-10-14)17(23)18-16(26-22)13-25-21(28-18)15-11-7-4-8-12-15/h3-12,16-19,21-23H,2,13H2,1H3/t16-,17+,18-,19+,21?,22-/m1/s1. The van der Waals surface area contributed by atoms with Crippen LogP contribution in [-0.4, -0.2) is 53.3 Å². The first kappa shape index (κ1) is 20.4. The molecule has 2 aromatic carbocycles. The summed E-state index contributed by atoms with van der Waals surface area (Å²) < 4.78 is 23.7. The van der Waals surface area contributed by atoms with Crippen molar-refractivity contribution < 1.29 is 28.8 Å². The monoisotopic (exact) mass is 416 g/mol. The molecule has 6 nitrogen and oxygen atoms in total. The Morgan fingerprint density at radius 2 is 1.79 bits per heavy atom. The Morgan fingerprint density at radius 1 is 1.10 bits per heavy atom. The second-order valence-electron chi connectivity index (χ2n) is 6.90. The number of aliphatic hydroxyl groups is 1. The number of ether oxygens (including phenoxy) is 4. The van der Waals surface area contributed by atoms with Gasteiger partial charge in [0.05, 0.1) is 12.2 Å². The van der Waals surface area contributed by atoms with Crippen LogP contribution in [0.25, 0.3) is 0 Å². The summed E-state index contributed by atoms with van der Waals surface area (Å²) in [6.45, 7) is 2.28. The molecular weight excluding hydrogens is 392 g/mol. The van der Waals surface area contributed by atoms with Gasteiger partial charge in [-0.05, 0) is 17.9 Å². The summed E-state index contributed by atoms with van der Waals surface area (Å²) in [5, 5.41) is 11.1. The Balaban J connectivity index is 1.51. The molecule has 2 aromatic rings. The summed E-state index contributed by atoms with van der Waals surface area (Å²) in [6, 6.07) is 18.3. The fraction of sp³-hybridized carbons (Fsp3) is 0.409. The number of carbonyl (C=O) groups excluding carboxylic acids is 1. The van der Waals surface area contributed by atoms with Crippen LogP contribution in [0.3, 0.4) is 0 Å². The van der Waals surface area contributed by atoms with Crippen molar-refractivity contribution in [2.45, 2.75) is 43.1 Å². The maximum atomic E-state index is 12.6. The van der Waals surface area contributed by atoms with Crippen LogP contribution < -0.4 is 0 Å². The summed E-state index contributed by atoms with van der Waals surface area (Å²) in [7, 11) is 0. The van der Waals surface area contributed by atoms with Gasteiger partial charge in [-0.3, -0.25) is 0 Å². The maximum absolute atomic E-state index is 12.6. The lowest BCUT2D eigenvalue weighted by Crippen LogP contribution is -2.62. The van der Waals surface area contributed by atoms with Crippen LogP contribution >= 0.6 is 11.8 Å². The highest BCUT2D eigenvalue weighted by Crippen LogP contribution is 2.38. The number of carbonyl (C=O) groups is 1. The van der Waals surface area contributed by atoms with Crippen molar-refractivity contribution in [3.63, 3.8) is 0 Å². The highest BCUT2D eigenvalue weighted by Gasteiger charge is 2.51. The van der Waals surface area contributed by atoms with E-state index in [1.807, 2.05) is 43.3 Å². The number of esters is 1. The van der Waals surface area contributed by atoms with Crippen molar-refractivity contribution in [2.24, 2.45) is 0 Å². The molecule has 0 aromatic heterocycles. The summed E-state index contributed by atoms with van der Waals surface area (Å²) >= 11 is 1.48. The average Bonchev–Trinajstić information content (AvgIpc) is 2.77. The largest absolute Gasteiger partial charge is 0.452 e. The van der Waals surface area contributed by atoms with Gasteiger partial charge in [0.15, 0.2) is 12.4 Å². The lowest BCUT2D eigenvalue weighted by atomic mass is 9.98. The van der Waals surface area contributed by atoms with E-state index in [1.165, 1.54) is 11.8 Å². The van der Waals surface area contributed by atoms with Gasteiger partial charge in [-0.25, -0.2) is 4.79 Å². The predicted molar refractivity (Wildman–Crippen MR) is 108 cm³/mol. The van der Waals surface area contributed by atoms with Crippen LogP contribution in [0.4, 0.5) is 0 Å². The SMILES string of the molecule is CCS[C@H]1O[C@@H]2COC(c3ccccc3)O[C@H]2[C@H](O)[C@@H]1OC(=O)c1ccccc1. The van der Waals surface area contributed by atoms with Gasteiger partial charge in [-0.2, -0.15) is 0 Å². The van der Waals surface area contributed by atoms with Gasteiger partial charge >= 0.3 is 5.97 Å². The first-order chi connectivity index (χ1) is 14.2. The molecule has 1 N–H and O–H groups in total. The molecule has 2 fully saturated rings. The van der Waals surface area contributed by atoms with E-state index >= 15 is 0 Å². The third kappa shape index (κ3) is 4.49. The zero-order valence-corrected chi connectivity index (χ0v) is 16.9. The molecule has 0 aliphatic carbocycles. The van der Waals surface area contributed by atoms with Crippen LogP contribution in [-0.2, 0) is 18.9 Å². The fourth-order valence-corrected chi connectivity index (χ4v) is 4.49. The second-order valence-corrected chi connectivity index (χ2v) is 8.28. The van der Waals surface area contributed by atoms with E-state index in [-0.39, 0.29) is 0 Å². The molecule has 4 rings (SSSR count). The van der Waals surface area contributed by atoms with Crippen molar-refractivity contribution in [3.8, 4) is 0 Å². The van der Waals surface area contributed by atoms with E-state index in [1.54, 1.807) is 24.3 Å². The summed E-state index contributed by atoms with van der Waals surface area (Å²) in [5.41, 5.74) is 0.794. The van der Waals surface area contributed by atoms with E-state index in [4.69, 9.17) is 18.9 Å². The lowest BCUT2D eigenvalue weighted by molar-refractivity contribution is -0.317. The number of thioether (sulfide) groups is 1. The van der Waals surface area contributed by atoms with E-state index in [2.05, 4.69) is 0 Å². The molecule has 0 amide bonds. The molecule has 0 spiro atoms. The molecule has 2 heterocycles. The smallest absolute Gasteiger partial charge is 0.338 e. The van der Waals surface area contributed by atoms with Crippen molar-refractivity contribution in [3.05, 3.63) is 71.8 Å². The number of rotatable bonds is 5. The molecule has 7 heteroatoms. The van der Waals surface area contributed by atoms with Gasteiger partial charge in [0.2, 0.25) is 0 Å². The van der Waals surface area contributed by atoms with Crippen molar-refractivity contribution >= 4 is 17.7 Å². The molecule has 0 saturated carbocycles. The third-order valence-electron chi connectivity index (χ3n) is 4.96. The van der Waals surface area contributed by atoms with Gasteiger partial charge in [0.25, 0.3) is 0 Å². The van der Waals surface area contributed by atoms with Crippen molar-refractivity contribution in [2.75, 3.05) is 12.4 Å². The molecule has 0 radical (unpaired) electrons. The average molecular weight is 416 g/mol. The van der Waals surface area contributed by atoms with Crippen LogP contribution in [0.5, 0.6) is 0 Å². The second kappa shape index (κ2) is 9.28. The van der Waals surface area contributed by atoms with Gasteiger partial charge in [-0.15, -0.1) is 11.8 Å². The van der Waals surface area contributed by atoms with Crippen LogP contribution in [0.2, 0.25) is 0 Å². The molecule has 6 atom stereocenters. The summed E-state index contributed by atoms with van der Waals surface area (Å²) in [5.74, 6) is 0.257. The first-order valence-corrected chi connectivity index (χ1v) is 10.8. The van der Waals surface area contributed by atoms with Crippen LogP contribution in [0.15, 0.2) is 60.7 Å². The molecule has 0 bridgehead atoms. The van der Waals surface area contributed by atoms with E-state index in [9.17, 15) is 9.90 Å². The van der Waals surface area contributed by atoms with E-state index < -0.39 is 42.1 Å². The Kier molecular flexibility index (Phi) is 6.52. The quantitative estimate of drug-likeness (QED) is 0.751. The molecule has 1 unspecified atom stereocenters. The fourth-order valence-electron chi connectivity index (χ4n) is 3.54. The molecular formula is C22H24O6S. The maximum Gasteiger partial charge on any atom is 0.338 e. The van der Waals surface area contributed by atoms with Gasteiger partial charge < -0.3 is 24.1 Å². The van der Waals surface area contributed by atoms with Gasteiger partial charge in [0.1, 0.15) is 23.7 Å². The van der Waals surface area contributed by atoms with Gasteiger partial charge in [0, 0.05) is 5.56 Å². The van der Waals surface area contributed by atoms with Crippen molar-refractivity contribution in [1.82, 2.24) is 0 Å². The Hall–Kier alpha value is -1.90. The minimum absolute atomic E-state index is 0.293. The van der Waals surface area contributed by atoms with Crippen LogP contribution in [0.1, 0.15) is 29.1 Å². The number of aliphatic hydroxyl groups excluding tert-OH is 1. The van der Waals surface area contributed by atoms with Gasteiger partial charge in [-0.1, -0.05) is 55.5 Å². The molecule has 2 aliphatic heterocycles. The molecule has 2 aliphatic rings. The first-order valence-electron chi connectivity index (χ1n) is 9.70. The normalized spacial score (nSPS) is 31.7. The predicted octanol–water partition coefficient (Wildman–Crippen LogP) is 3.17. The number of fused-ring (bicyclic) bond motifs is 1. The minimum Gasteiger partial charge on any atom is -0.452 e. The zero-order valence-electron chi connectivity index (χ0n) is 16.0. The highest BCUT2D eigenvalue weighted by molar-refractivity contribution is 7.99. The molecule has 154 valence electrons. The lowest BCUT2D eigenvalue weighted by Gasteiger charge is -2.47. The van der Waals surface area contributed by atoms with E-state index in [0.29, 0.717) is 12.2 Å². The zero-order chi connectivity index (χ0) is 20.2. The number of hydrogen-bond acceptors (Lipinski definition) is 7. The van der Waals surface area contributed by atoms with E-state index in [0.717, 1.165) is 11.3 Å². The third-order valence-corrected chi connectivity index (χ3v) is 6.01. The molecule has 29 heavy (non-hydrogen) atoms. The summed E-state index contributed by atoms with van der Waals surface area (Å²) in [4.78, 5) is 12.6. The van der Waals surface area contributed by atoms with Crippen molar-refractivity contribution in [1.29, 1.82) is 0 Å². The Labute approximate surface area is 174 Å².